The van der Waals surface area contributed by atoms with Crippen molar-refractivity contribution in [3.05, 3.63) is 35.4 Å². The fraction of sp³-hybridized carbons (Fsp3) is 0.500. The summed E-state index contributed by atoms with van der Waals surface area (Å²) in [6, 6.07) is 8.38. The average Bonchev–Trinajstić information content (AvgIpc) is 2.26. The van der Waals surface area contributed by atoms with E-state index in [2.05, 4.69) is 49.9 Å². The van der Waals surface area contributed by atoms with E-state index in [-0.39, 0.29) is 12.2 Å². The maximum absolute atomic E-state index is 5.72. The van der Waals surface area contributed by atoms with Crippen LogP contribution < -0.4 is 0 Å². The molecule has 0 spiro atoms. The Balaban J connectivity index is 2.14. The minimum Gasteiger partial charge on any atom is -0.372 e. The number of aryl methyl sites for hydroxylation is 1. The molecule has 0 N–H and O–H groups in total. The fourth-order valence-electron chi connectivity index (χ4n) is 2.30. The molecule has 1 aromatic carbocycles. The van der Waals surface area contributed by atoms with Gasteiger partial charge >= 0.3 is 0 Å². The highest BCUT2D eigenvalue weighted by atomic mass is 32.1. The van der Waals surface area contributed by atoms with Crippen molar-refractivity contribution in [3.8, 4) is 0 Å². The summed E-state index contributed by atoms with van der Waals surface area (Å²) in [6.07, 6.45) is 0.503. The highest BCUT2D eigenvalue weighted by Gasteiger charge is 2.24. The van der Waals surface area contributed by atoms with Gasteiger partial charge in [0.05, 0.1) is 12.2 Å². The monoisotopic (exact) mass is 249 g/mol. The molecule has 1 heterocycles. The van der Waals surface area contributed by atoms with Crippen molar-refractivity contribution in [3.63, 3.8) is 0 Å². The number of ether oxygens (including phenoxy) is 1. The molecule has 2 rings (SSSR count). The summed E-state index contributed by atoms with van der Waals surface area (Å²) in [5.41, 5.74) is 2.39. The molecule has 0 saturated carbocycles. The van der Waals surface area contributed by atoms with Crippen molar-refractivity contribution >= 4 is 17.2 Å². The maximum atomic E-state index is 5.72. The Labute approximate surface area is 109 Å². The lowest BCUT2D eigenvalue weighted by atomic mass is 10.1. The van der Waals surface area contributed by atoms with Crippen LogP contribution in [0, 0.1) is 6.92 Å². The summed E-state index contributed by atoms with van der Waals surface area (Å²) in [6.45, 7) is 8.06. The molecular formula is C14H19NOS. The van der Waals surface area contributed by atoms with Crippen LogP contribution in [-0.2, 0) is 4.74 Å². The average molecular weight is 249 g/mol. The fourth-order valence-corrected chi connectivity index (χ4v) is 2.58. The Hall–Kier alpha value is -0.930. The van der Waals surface area contributed by atoms with E-state index in [1.165, 1.54) is 5.56 Å². The van der Waals surface area contributed by atoms with Gasteiger partial charge < -0.3 is 9.64 Å². The van der Waals surface area contributed by atoms with Gasteiger partial charge in [0.1, 0.15) is 4.99 Å². The molecule has 1 saturated heterocycles. The van der Waals surface area contributed by atoms with E-state index >= 15 is 0 Å². The largest absolute Gasteiger partial charge is 0.372 e. The van der Waals surface area contributed by atoms with Gasteiger partial charge in [-0.05, 0) is 26.8 Å². The van der Waals surface area contributed by atoms with Crippen molar-refractivity contribution in [2.45, 2.75) is 33.0 Å². The topological polar surface area (TPSA) is 12.5 Å². The van der Waals surface area contributed by atoms with Crippen LogP contribution in [0.15, 0.2) is 24.3 Å². The van der Waals surface area contributed by atoms with E-state index in [0.29, 0.717) is 0 Å². The first-order valence-electron chi connectivity index (χ1n) is 6.07. The lowest BCUT2D eigenvalue weighted by Gasteiger charge is -2.37. The summed E-state index contributed by atoms with van der Waals surface area (Å²) >= 11 is 5.58. The van der Waals surface area contributed by atoms with E-state index in [1.807, 2.05) is 0 Å². The second kappa shape index (κ2) is 5.15. The number of hydrogen-bond acceptors (Lipinski definition) is 2. The van der Waals surface area contributed by atoms with Crippen LogP contribution in [0.5, 0.6) is 0 Å². The van der Waals surface area contributed by atoms with Crippen molar-refractivity contribution in [2.24, 2.45) is 0 Å². The number of rotatable bonds is 1. The second-order valence-electron chi connectivity index (χ2n) is 4.84. The quantitative estimate of drug-likeness (QED) is 0.710. The van der Waals surface area contributed by atoms with Crippen LogP contribution in [0.3, 0.4) is 0 Å². The van der Waals surface area contributed by atoms with Crippen LogP contribution in [0.1, 0.15) is 25.0 Å². The Kier molecular flexibility index (Phi) is 3.79. The van der Waals surface area contributed by atoms with Crippen LogP contribution in [-0.4, -0.2) is 35.2 Å². The molecule has 1 aromatic rings. The minimum absolute atomic E-state index is 0.251. The van der Waals surface area contributed by atoms with Gasteiger partial charge in [0.25, 0.3) is 0 Å². The Morgan fingerprint density at radius 1 is 1.29 bits per heavy atom. The first-order valence-corrected chi connectivity index (χ1v) is 6.48. The van der Waals surface area contributed by atoms with Crippen molar-refractivity contribution in [1.29, 1.82) is 0 Å². The molecule has 1 aliphatic heterocycles. The zero-order valence-electron chi connectivity index (χ0n) is 10.6. The third-order valence-electron chi connectivity index (χ3n) is 2.97. The first kappa shape index (κ1) is 12.5. The molecule has 0 amide bonds. The molecule has 17 heavy (non-hydrogen) atoms. The van der Waals surface area contributed by atoms with E-state index in [9.17, 15) is 0 Å². The molecule has 92 valence electrons. The standard InChI is InChI=1S/C14H19NOS/c1-10-5-4-6-13(7-10)14(17)15-8-11(2)16-12(3)9-15/h4-7,11-12H,8-9H2,1-3H3/t11-,12+. The molecule has 1 aliphatic rings. The Bertz CT molecular complexity index is 408. The van der Waals surface area contributed by atoms with Crippen molar-refractivity contribution in [1.82, 2.24) is 4.90 Å². The predicted octanol–water partition coefficient (Wildman–Crippen LogP) is 2.78. The number of nitrogens with zero attached hydrogens (tertiary/aromatic N) is 1. The van der Waals surface area contributed by atoms with Gasteiger partial charge in [0.2, 0.25) is 0 Å². The minimum atomic E-state index is 0.251. The van der Waals surface area contributed by atoms with Crippen molar-refractivity contribution in [2.75, 3.05) is 13.1 Å². The van der Waals surface area contributed by atoms with E-state index in [4.69, 9.17) is 17.0 Å². The summed E-state index contributed by atoms with van der Waals surface area (Å²) in [5.74, 6) is 0. The molecule has 2 atom stereocenters. The number of hydrogen-bond donors (Lipinski definition) is 0. The van der Waals surface area contributed by atoms with Gasteiger partial charge in [-0.15, -0.1) is 0 Å². The Morgan fingerprint density at radius 2 is 1.94 bits per heavy atom. The van der Waals surface area contributed by atoms with Gasteiger partial charge in [-0.25, -0.2) is 0 Å². The molecule has 1 fully saturated rings. The van der Waals surface area contributed by atoms with E-state index < -0.39 is 0 Å². The van der Waals surface area contributed by atoms with Gasteiger partial charge in [-0.1, -0.05) is 36.0 Å². The third-order valence-corrected chi connectivity index (χ3v) is 3.47. The highest BCUT2D eigenvalue weighted by Crippen LogP contribution is 2.15. The Morgan fingerprint density at radius 3 is 2.53 bits per heavy atom. The zero-order chi connectivity index (χ0) is 12.4. The maximum Gasteiger partial charge on any atom is 0.109 e. The van der Waals surface area contributed by atoms with Gasteiger partial charge in [-0.3, -0.25) is 0 Å². The summed E-state index contributed by atoms with van der Waals surface area (Å²) < 4.78 is 5.72. The van der Waals surface area contributed by atoms with Gasteiger partial charge in [0.15, 0.2) is 0 Å². The molecular weight excluding hydrogens is 230 g/mol. The number of benzene rings is 1. The van der Waals surface area contributed by atoms with Crippen LogP contribution in [0.2, 0.25) is 0 Å². The SMILES string of the molecule is Cc1cccc(C(=S)N2C[C@@H](C)O[C@@H](C)C2)c1. The number of morpholine rings is 1. The summed E-state index contributed by atoms with van der Waals surface area (Å²) in [4.78, 5) is 3.19. The first-order chi connectivity index (χ1) is 8.06. The van der Waals surface area contributed by atoms with Crippen molar-refractivity contribution < 1.29 is 4.74 Å². The van der Waals surface area contributed by atoms with Crippen LogP contribution >= 0.6 is 12.2 Å². The van der Waals surface area contributed by atoms with Gasteiger partial charge in [0, 0.05) is 18.7 Å². The van der Waals surface area contributed by atoms with Gasteiger partial charge in [-0.2, -0.15) is 0 Å². The molecule has 0 unspecified atom stereocenters. The van der Waals surface area contributed by atoms with Crippen LogP contribution in [0.4, 0.5) is 0 Å². The normalized spacial score (nSPS) is 24.8. The third kappa shape index (κ3) is 3.05. The van der Waals surface area contributed by atoms with E-state index in [1.54, 1.807) is 0 Å². The molecule has 0 aliphatic carbocycles. The van der Waals surface area contributed by atoms with Crippen LogP contribution in [0.25, 0.3) is 0 Å². The molecule has 0 aromatic heterocycles. The predicted molar refractivity (Wildman–Crippen MR) is 74.5 cm³/mol. The summed E-state index contributed by atoms with van der Waals surface area (Å²) in [5, 5.41) is 0. The lowest BCUT2D eigenvalue weighted by Crippen LogP contribution is -2.47. The molecule has 3 heteroatoms. The second-order valence-corrected chi connectivity index (χ2v) is 5.22. The molecule has 0 radical (unpaired) electrons. The highest BCUT2D eigenvalue weighted by molar-refractivity contribution is 7.80. The lowest BCUT2D eigenvalue weighted by molar-refractivity contribution is -0.0472. The smallest absolute Gasteiger partial charge is 0.109 e. The van der Waals surface area contributed by atoms with E-state index in [0.717, 1.165) is 23.6 Å². The number of thiocarbonyl (C=S) groups is 1. The molecule has 0 bridgehead atoms. The molecule has 2 nitrogen and oxygen atoms in total. The zero-order valence-corrected chi connectivity index (χ0v) is 11.5. The summed E-state index contributed by atoms with van der Waals surface area (Å²) in [7, 11) is 0.